The molecule has 0 bridgehead atoms. The highest BCUT2D eigenvalue weighted by Crippen LogP contribution is 2.12. The number of hydrogen-bond acceptors (Lipinski definition) is 3. The van der Waals surface area contributed by atoms with Crippen LogP contribution in [0.25, 0.3) is 0 Å². The van der Waals surface area contributed by atoms with Crippen LogP contribution >= 0.6 is 0 Å². The van der Waals surface area contributed by atoms with Gasteiger partial charge in [-0.3, -0.25) is 4.79 Å². The third-order valence-electron chi connectivity index (χ3n) is 3.37. The summed E-state index contributed by atoms with van der Waals surface area (Å²) in [6, 6.07) is -0.0610. The van der Waals surface area contributed by atoms with Crippen LogP contribution in [0.3, 0.4) is 0 Å². The zero-order valence-corrected chi connectivity index (χ0v) is 11.6. The molecule has 1 fully saturated rings. The fourth-order valence-corrected chi connectivity index (χ4v) is 2.52. The lowest BCUT2D eigenvalue weighted by molar-refractivity contribution is -0.134. The highest BCUT2D eigenvalue weighted by atomic mass is 16.2. The molecule has 4 heteroatoms. The van der Waals surface area contributed by atoms with Gasteiger partial charge in [-0.15, -0.1) is 0 Å². The molecule has 1 rings (SSSR count). The Hall–Kier alpha value is -0.610. The fourth-order valence-electron chi connectivity index (χ4n) is 2.52. The molecule has 1 heterocycles. The largest absolute Gasteiger partial charge is 0.337 e. The van der Waals surface area contributed by atoms with E-state index >= 15 is 0 Å². The van der Waals surface area contributed by atoms with Crippen molar-refractivity contribution >= 4 is 5.91 Å². The van der Waals surface area contributed by atoms with Gasteiger partial charge in [0.1, 0.15) is 0 Å². The maximum absolute atomic E-state index is 12.3. The molecule has 2 N–H and O–H groups in total. The molecular formula is C13H27N3O. The van der Waals surface area contributed by atoms with E-state index in [1.807, 2.05) is 4.90 Å². The van der Waals surface area contributed by atoms with Crippen LogP contribution in [0.5, 0.6) is 0 Å². The normalized spacial score (nSPS) is 24.8. The molecule has 0 aliphatic carbocycles. The van der Waals surface area contributed by atoms with Gasteiger partial charge < -0.3 is 15.5 Å². The lowest BCUT2D eigenvalue weighted by atomic mass is 10.0. The molecule has 1 aliphatic rings. The van der Waals surface area contributed by atoms with Crippen molar-refractivity contribution < 1.29 is 4.79 Å². The van der Waals surface area contributed by atoms with Gasteiger partial charge in [0.05, 0.1) is 6.04 Å². The van der Waals surface area contributed by atoms with Gasteiger partial charge in [-0.2, -0.15) is 0 Å². The number of carbonyl (C=O) groups is 1. The quantitative estimate of drug-likeness (QED) is 0.799. The Labute approximate surface area is 105 Å². The minimum absolute atomic E-state index is 0.126. The lowest BCUT2D eigenvalue weighted by Gasteiger charge is -2.30. The Balaban J connectivity index is 2.60. The van der Waals surface area contributed by atoms with Crippen LogP contribution in [-0.2, 0) is 4.79 Å². The van der Waals surface area contributed by atoms with Crippen molar-refractivity contribution in [3.8, 4) is 0 Å². The average Bonchev–Trinajstić information content (AvgIpc) is 2.37. The highest BCUT2D eigenvalue weighted by Gasteiger charge is 2.27. The van der Waals surface area contributed by atoms with Crippen LogP contribution in [0.15, 0.2) is 0 Å². The molecule has 1 saturated heterocycles. The second-order valence-electron chi connectivity index (χ2n) is 5.73. The molecule has 0 aromatic rings. The predicted octanol–water partition coefficient (Wildman–Crippen LogP) is 0.912. The Kier molecular flexibility index (Phi) is 5.40. The minimum atomic E-state index is -0.333. The zero-order chi connectivity index (χ0) is 13.0. The number of rotatable bonds is 3. The van der Waals surface area contributed by atoms with Crippen LogP contribution in [0.1, 0.15) is 33.6 Å². The maximum Gasteiger partial charge on any atom is 0.239 e. The van der Waals surface area contributed by atoms with Crippen molar-refractivity contribution in [1.82, 2.24) is 9.80 Å². The number of amides is 1. The van der Waals surface area contributed by atoms with Gasteiger partial charge in [0, 0.05) is 19.1 Å². The maximum atomic E-state index is 12.3. The van der Waals surface area contributed by atoms with Crippen molar-refractivity contribution in [2.24, 2.45) is 11.7 Å². The third-order valence-corrected chi connectivity index (χ3v) is 3.37. The van der Waals surface area contributed by atoms with Crippen molar-refractivity contribution in [2.75, 3.05) is 26.7 Å². The fraction of sp³-hybridized carbons (Fsp3) is 0.923. The van der Waals surface area contributed by atoms with Gasteiger partial charge in [-0.05, 0) is 39.3 Å². The molecule has 1 unspecified atom stereocenters. The molecule has 0 aromatic heterocycles. The molecule has 2 atom stereocenters. The summed E-state index contributed by atoms with van der Waals surface area (Å²) in [7, 11) is 2.11. The van der Waals surface area contributed by atoms with E-state index in [2.05, 4.69) is 32.7 Å². The molecule has 100 valence electrons. The van der Waals surface area contributed by atoms with Gasteiger partial charge in [-0.1, -0.05) is 13.8 Å². The summed E-state index contributed by atoms with van der Waals surface area (Å²) in [6.45, 7) is 9.17. The molecule has 1 amide bonds. The van der Waals surface area contributed by atoms with E-state index in [0.717, 1.165) is 32.5 Å². The third kappa shape index (κ3) is 4.28. The number of carbonyl (C=O) groups excluding carboxylic acids is 1. The van der Waals surface area contributed by atoms with Crippen molar-refractivity contribution in [3.05, 3.63) is 0 Å². The molecular weight excluding hydrogens is 214 g/mol. The van der Waals surface area contributed by atoms with E-state index < -0.39 is 0 Å². The van der Waals surface area contributed by atoms with Gasteiger partial charge in [-0.25, -0.2) is 0 Å². The van der Waals surface area contributed by atoms with Crippen LogP contribution in [0.4, 0.5) is 0 Å². The lowest BCUT2D eigenvalue weighted by Crippen LogP contribution is -2.49. The number of likely N-dealkylation sites (N-methyl/N-ethyl adjacent to an activating group) is 1. The molecule has 0 aromatic carbocycles. The Bertz CT molecular complexity index is 255. The first-order valence-electron chi connectivity index (χ1n) is 6.66. The van der Waals surface area contributed by atoms with E-state index in [0.29, 0.717) is 5.92 Å². The first-order valence-corrected chi connectivity index (χ1v) is 6.66. The molecule has 0 radical (unpaired) electrons. The van der Waals surface area contributed by atoms with Gasteiger partial charge in [0.25, 0.3) is 0 Å². The molecule has 17 heavy (non-hydrogen) atoms. The molecule has 4 nitrogen and oxygen atoms in total. The SMILES string of the molecule is CC(C)C[C@H](N)C(=O)N1CCCN(C)CC1C. The summed E-state index contributed by atoms with van der Waals surface area (Å²) in [5.41, 5.74) is 5.99. The first kappa shape index (κ1) is 14.5. The van der Waals surface area contributed by atoms with Crippen LogP contribution < -0.4 is 5.73 Å². The monoisotopic (exact) mass is 241 g/mol. The van der Waals surface area contributed by atoms with Crippen LogP contribution in [0.2, 0.25) is 0 Å². The zero-order valence-electron chi connectivity index (χ0n) is 11.6. The van der Waals surface area contributed by atoms with Gasteiger partial charge in [0.15, 0.2) is 0 Å². The first-order chi connectivity index (χ1) is 7.91. The molecule has 1 aliphatic heterocycles. The van der Waals surface area contributed by atoms with Crippen molar-refractivity contribution in [2.45, 2.75) is 45.7 Å². The summed E-state index contributed by atoms with van der Waals surface area (Å²) in [5.74, 6) is 0.598. The van der Waals surface area contributed by atoms with Crippen molar-refractivity contribution in [1.29, 1.82) is 0 Å². The second kappa shape index (κ2) is 6.36. The number of nitrogens with two attached hydrogens (primary N) is 1. The van der Waals surface area contributed by atoms with E-state index in [4.69, 9.17) is 5.73 Å². The van der Waals surface area contributed by atoms with Gasteiger partial charge >= 0.3 is 0 Å². The summed E-state index contributed by atoms with van der Waals surface area (Å²) >= 11 is 0. The predicted molar refractivity (Wildman–Crippen MR) is 70.7 cm³/mol. The smallest absolute Gasteiger partial charge is 0.239 e. The van der Waals surface area contributed by atoms with E-state index in [1.165, 1.54) is 0 Å². The number of nitrogens with zero attached hydrogens (tertiary/aromatic N) is 2. The number of hydrogen-bond donors (Lipinski definition) is 1. The Morgan fingerprint density at radius 2 is 2.06 bits per heavy atom. The molecule has 0 spiro atoms. The average molecular weight is 241 g/mol. The summed E-state index contributed by atoms with van der Waals surface area (Å²) < 4.78 is 0. The molecule has 0 saturated carbocycles. The van der Waals surface area contributed by atoms with Crippen LogP contribution in [0, 0.1) is 5.92 Å². The van der Waals surface area contributed by atoms with Gasteiger partial charge in [0.2, 0.25) is 5.91 Å². The summed E-state index contributed by atoms with van der Waals surface area (Å²) in [5, 5.41) is 0. The van der Waals surface area contributed by atoms with Crippen LogP contribution in [-0.4, -0.2) is 54.5 Å². The second-order valence-corrected chi connectivity index (χ2v) is 5.73. The summed E-state index contributed by atoms with van der Waals surface area (Å²) in [4.78, 5) is 16.5. The topological polar surface area (TPSA) is 49.6 Å². The van der Waals surface area contributed by atoms with Crippen molar-refractivity contribution in [3.63, 3.8) is 0 Å². The Morgan fingerprint density at radius 1 is 1.41 bits per heavy atom. The Morgan fingerprint density at radius 3 is 2.65 bits per heavy atom. The standard InChI is InChI=1S/C13H27N3O/c1-10(2)8-12(14)13(17)16-7-5-6-15(4)9-11(16)3/h10-12H,5-9,14H2,1-4H3/t11?,12-/m0/s1. The van der Waals surface area contributed by atoms with E-state index in [-0.39, 0.29) is 18.0 Å². The minimum Gasteiger partial charge on any atom is -0.337 e. The van der Waals surface area contributed by atoms with E-state index in [9.17, 15) is 4.79 Å². The van der Waals surface area contributed by atoms with E-state index in [1.54, 1.807) is 0 Å². The highest BCUT2D eigenvalue weighted by molar-refractivity contribution is 5.82. The summed E-state index contributed by atoms with van der Waals surface area (Å²) in [6.07, 6.45) is 1.82.